The highest BCUT2D eigenvalue weighted by molar-refractivity contribution is 8.68. The number of thiol groups is 1. The minimum Gasteiger partial charge on any atom is -0.161 e. The van der Waals surface area contributed by atoms with Crippen LogP contribution in [0.15, 0.2) is 12.2 Å². The summed E-state index contributed by atoms with van der Waals surface area (Å²) in [6.45, 7) is 5.92. The Hall–Kier alpha value is 0.790. The van der Waals surface area contributed by atoms with Gasteiger partial charge in [-0.3, -0.25) is 0 Å². The van der Waals surface area contributed by atoms with Gasteiger partial charge in [0.15, 0.2) is 0 Å². The SMILES string of the molecule is C=C(C)CCSCCSS. The third-order valence-electron chi connectivity index (χ3n) is 0.992. The highest BCUT2D eigenvalue weighted by atomic mass is 33.1. The molecule has 0 heterocycles. The van der Waals surface area contributed by atoms with Crippen LogP contribution in [-0.4, -0.2) is 17.3 Å². The molecule has 0 aromatic rings. The Labute approximate surface area is 77.0 Å². The molecule has 0 nitrogen and oxygen atoms in total. The molecule has 0 rings (SSSR count). The normalized spacial score (nSPS) is 9.80. The van der Waals surface area contributed by atoms with E-state index in [4.69, 9.17) is 0 Å². The number of allylic oxidation sites excluding steroid dienone is 1. The fourth-order valence-electron chi connectivity index (χ4n) is 0.445. The smallest absolute Gasteiger partial charge is 0.0125 e. The second kappa shape index (κ2) is 7.89. The predicted octanol–water partition coefficient (Wildman–Crippen LogP) is 3.26. The largest absolute Gasteiger partial charge is 0.161 e. The van der Waals surface area contributed by atoms with Gasteiger partial charge in [-0.25, -0.2) is 0 Å². The molecule has 0 unspecified atom stereocenters. The van der Waals surface area contributed by atoms with Gasteiger partial charge < -0.3 is 0 Å². The van der Waals surface area contributed by atoms with Crippen LogP contribution in [0.25, 0.3) is 0 Å². The molecule has 10 heavy (non-hydrogen) atoms. The fraction of sp³-hybridized carbons (Fsp3) is 0.714. The van der Waals surface area contributed by atoms with Gasteiger partial charge in [0, 0.05) is 11.5 Å². The van der Waals surface area contributed by atoms with Gasteiger partial charge >= 0.3 is 0 Å². The van der Waals surface area contributed by atoms with Crippen molar-refractivity contribution in [1.82, 2.24) is 0 Å². The van der Waals surface area contributed by atoms with E-state index >= 15 is 0 Å². The van der Waals surface area contributed by atoms with Crippen LogP contribution in [0.4, 0.5) is 0 Å². The average molecular weight is 194 g/mol. The summed E-state index contributed by atoms with van der Waals surface area (Å²) in [5.41, 5.74) is 1.28. The van der Waals surface area contributed by atoms with Crippen molar-refractivity contribution in [3.63, 3.8) is 0 Å². The molecule has 0 amide bonds. The van der Waals surface area contributed by atoms with Gasteiger partial charge in [-0.15, -0.1) is 18.2 Å². The highest BCUT2D eigenvalue weighted by Gasteiger charge is 1.88. The summed E-state index contributed by atoms with van der Waals surface area (Å²) >= 11 is 6.02. The van der Waals surface area contributed by atoms with Gasteiger partial charge in [-0.1, -0.05) is 16.4 Å². The molecule has 0 aromatic heterocycles. The first-order valence-corrected chi connectivity index (χ1v) is 6.45. The summed E-state index contributed by atoms with van der Waals surface area (Å²) in [7, 11) is 1.61. The van der Waals surface area contributed by atoms with Crippen LogP contribution in [0, 0.1) is 0 Å². The predicted molar refractivity (Wildman–Crippen MR) is 58.2 cm³/mol. The fourth-order valence-corrected chi connectivity index (χ4v) is 2.58. The number of thioether (sulfide) groups is 1. The maximum Gasteiger partial charge on any atom is 0.0125 e. The Morgan fingerprint density at radius 1 is 1.40 bits per heavy atom. The molecule has 0 radical (unpaired) electrons. The summed E-state index contributed by atoms with van der Waals surface area (Å²) in [4.78, 5) is 0. The second-order valence-corrected chi connectivity index (χ2v) is 4.82. The highest BCUT2D eigenvalue weighted by Crippen LogP contribution is 2.11. The van der Waals surface area contributed by atoms with Crippen LogP contribution in [0.1, 0.15) is 13.3 Å². The Bertz CT molecular complexity index is 90.9. The maximum atomic E-state index is 4.05. The Kier molecular flexibility index (Phi) is 8.52. The molecule has 0 bridgehead atoms. The molecule has 0 fully saturated rings. The molecular weight excluding hydrogens is 180 g/mol. The van der Waals surface area contributed by atoms with Gasteiger partial charge in [0.2, 0.25) is 0 Å². The van der Waals surface area contributed by atoms with Crippen LogP contribution in [-0.2, 0) is 0 Å². The van der Waals surface area contributed by atoms with Crippen molar-refractivity contribution in [3.8, 4) is 0 Å². The zero-order chi connectivity index (χ0) is 7.82. The number of hydrogen-bond acceptors (Lipinski definition) is 3. The lowest BCUT2D eigenvalue weighted by Gasteiger charge is -1.98. The van der Waals surface area contributed by atoms with E-state index < -0.39 is 0 Å². The first-order chi connectivity index (χ1) is 4.77. The van der Waals surface area contributed by atoms with E-state index in [0.29, 0.717) is 0 Å². The molecule has 0 aliphatic carbocycles. The standard InChI is InChI=1S/C7H14S3/c1-7(2)3-4-9-5-6-10-8/h8H,1,3-6H2,2H3. The number of hydrogen-bond donors (Lipinski definition) is 1. The Balaban J connectivity index is 2.84. The zero-order valence-corrected chi connectivity index (χ0v) is 8.83. The molecule has 0 saturated heterocycles. The van der Waals surface area contributed by atoms with E-state index in [2.05, 4.69) is 25.2 Å². The molecule has 0 aromatic carbocycles. The number of rotatable bonds is 6. The zero-order valence-electron chi connectivity index (χ0n) is 6.30. The van der Waals surface area contributed by atoms with Crippen LogP contribution in [0.3, 0.4) is 0 Å². The summed E-state index contributed by atoms with van der Waals surface area (Å²) in [5, 5.41) is 0. The molecule has 0 spiro atoms. The molecular formula is C7H14S3. The van der Waals surface area contributed by atoms with Crippen molar-refractivity contribution in [2.24, 2.45) is 0 Å². The van der Waals surface area contributed by atoms with Gasteiger partial charge in [-0.05, 0) is 19.1 Å². The van der Waals surface area contributed by atoms with Crippen molar-refractivity contribution < 1.29 is 0 Å². The minimum atomic E-state index is 1.14. The van der Waals surface area contributed by atoms with Gasteiger partial charge in [0.1, 0.15) is 0 Å². The van der Waals surface area contributed by atoms with Gasteiger partial charge in [0.25, 0.3) is 0 Å². The second-order valence-electron chi connectivity index (χ2n) is 2.15. The minimum absolute atomic E-state index is 1.14. The topological polar surface area (TPSA) is 0 Å². The van der Waals surface area contributed by atoms with Crippen molar-refractivity contribution >= 4 is 34.2 Å². The Morgan fingerprint density at radius 3 is 2.60 bits per heavy atom. The summed E-state index contributed by atoms with van der Waals surface area (Å²) in [6, 6.07) is 0. The van der Waals surface area contributed by atoms with E-state index in [1.807, 2.05) is 11.8 Å². The van der Waals surface area contributed by atoms with Crippen molar-refractivity contribution in [2.75, 3.05) is 17.3 Å². The van der Waals surface area contributed by atoms with Crippen LogP contribution < -0.4 is 0 Å². The molecule has 0 aliphatic rings. The first-order valence-electron chi connectivity index (χ1n) is 3.26. The van der Waals surface area contributed by atoms with Crippen molar-refractivity contribution in [2.45, 2.75) is 13.3 Å². The Morgan fingerprint density at radius 2 is 2.10 bits per heavy atom. The quantitative estimate of drug-likeness (QED) is 0.298. The van der Waals surface area contributed by atoms with E-state index in [1.54, 1.807) is 10.8 Å². The molecule has 60 valence electrons. The van der Waals surface area contributed by atoms with Gasteiger partial charge in [0.05, 0.1) is 0 Å². The van der Waals surface area contributed by atoms with Crippen LogP contribution in [0.2, 0.25) is 0 Å². The summed E-state index contributed by atoms with van der Waals surface area (Å²) in [6.07, 6.45) is 1.15. The monoisotopic (exact) mass is 194 g/mol. The lowest BCUT2D eigenvalue weighted by molar-refractivity contribution is 1.12. The van der Waals surface area contributed by atoms with E-state index in [-0.39, 0.29) is 0 Å². The third kappa shape index (κ3) is 8.79. The molecule has 0 atom stereocenters. The van der Waals surface area contributed by atoms with E-state index in [1.165, 1.54) is 17.1 Å². The average Bonchev–Trinajstić information content (AvgIpc) is 1.87. The first kappa shape index (κ1) is 10.8. The lowest BCUT2D eigenvalue weighted by atomic mass is 10.3. The maximum absolute atomic E-state index is 4.05. The third-order valence-corrected chi connectivity index (χ3v) is 3.17. The molecule has 0 saturated carbocycles. The van der Waals surface area contributed by atoms with Crippen molar-refractivity contribution in [3.05, 3.63) is 12.2 Å². The summed E-state index contributed by atoms with van der Waals surface area (Å²) < 4.78 is 0. The van der Waals surface area contributed by atoms with Gasteiger partial charge in [-0.2, -0.15) is 11.8 Å². The van der Waals surface area contributed by atoms with Crippen LogP contribution in [0.5, 0.6) is 0 Å². The van der Waals surface area contributed by atoms with Crippen LogP contribution >= 0.6 is 34.2 Å². The lowest BCUT2D eigenvalue weighted by Crippen LogP contribution is -1.85. The molecule has 0 aliphatic heterocycles. The summed E-state index contributed by atoms with van der Waals surface area (Å²) in [5.74, 6) is 3.56. The van der Waals surface area contributed by atoms with E-state index in [0.717, 1.165) is 12.2 Å². The molecule has 3 heteroatoms. The van der Waals surface area contributed by atoms with E-state index in [9.17, 15) is 0 Å². The van der Waals surface area contributed by atoms with Crippen molar-refractivity contribution in [1.29, 1.82) is 0 Å². The molecule has 0 N–H and O–H groups in total.